The van der Waals surface area contributed by atoms with E-state index in [1.807, 2.05) is 0 Å². The molecule has 2 heterocycles. The molecule has 2 rings (SSSR count). The molecule has 1 unspecified atom stereocenters. The Morgan fingerprint density at radius 2 is 2.06 bits per heavy atom. The highest BCUT2D eigenvalue weighted by atomic mass is 35.5. The summed E-state index contributed by atoms with van der Waals surface area (Å²) in [5, 5.41) is -0.350. The molecule has 2 fully saturated rings. The molecule has 0 spiro atoms. The average Bonchev–Trinajstić information content (AvgIpc) is 2.67. The maximum atomic E-state index is 12.1. The number of ether oxygens (including phenoxy) is 1. The van der Waals surface area contributed by atoms with E-state index >= 15 is 0 Å². The Kier molecular flexibility index (Phi) is 5.00. The van der Waals surface area contributed by atoms with E-state index in [0.29, 0.717) is 32.7 Å². The van der Waals surface area contributed by atoms with Crippen molar-refractivity contribution in [1.29, 1.82) is 0 Å². The minimum Gasteiger partial charge on any atom is -0.380 e. The standard InChI is InChI=1S/C9H18N2O3S.ClH/c10-8-3-4-11(6-8)15(12,13)9-2-1-5-14-7-9;/h8-9H,1-7,10H2;1H/t8-,9?;/m0./s1. The van der Waals surface area contributed by atoms with Crippen molar-refractivity contribution in [3.05, 3.63) is 0 Å². The first-order valence-electron chi connectivity index (χ1n) is 5.43. The zero-order valence-electron chi connectivity index (χ0n) is 9.17. The van der Waals surface area contributed by atoms with Gasteiger partial charge in [-0.15, -0.1) is 12.4 Å². The lowest BCUT2D eigenvalue weighted by atomic mass is 10.2. The summed E-state index contributed by atoms with van der Waals surface area (Å²) < 4.78 is 31.0. The van der Waals surface area contributed by atoms with Gasteiger partial charge in [0.25, 0.3) is 0 Å². The van der Waals surface area contributed by atoms with Crippen LogP contribution in [0.25, 0.3) is 0 Å². The van der Waals surface area contributed by atoms with Crippen LogP contribution in [0.5, 0.6) is 0 Å². The summed E-state index contributed by atoms with van der Waals surface area (Å²) in [4.78, 5) is 0. The van der Waals surface area contributed by atoms with Crippen LogP contribution >= 0.6 is 12.4 Å². The fraction of sp³-hybridized carbons (Fsp3) is 1.00. The predicted octanol–water partition coefficient (Wildman–Crippen LogP) is -0.0500. The maximum absolute atomic E-state index is 12.1. The monoisotopic (exact) mass is 270 g/mol. The van der Waals surface area contributed by atoms with Gasteiger partial charge in [0.1, 0.15) is 0 Å². The van der Waals surface area contributed by atoms with Crippen molar-refractivity contribution in [3.63, 3.8) is 0 Å². The number of halogens is 1. The molecule has 0 saturated carbocycles. The summed E-state index contributed by atoms with van der Waals surface area (Å²) in [6, 6.07) is 0.00397. The molecule has 0 aliphatic carbocycles. The molecule has 0 radical (unpaired) electrons. The number of nitrogens with zero attached hydrogens (tertiary/aromatic N) is 1. The van der Waals surface area contributed by atoms with Crippen LogP contribution in [0.3, 0.4) is 0 Å². The Bertz CT molecular complexity index is 306. The first-order valence-corrected chi connectivity index (χ1v) is 6.93. The summed E-state index contributed by atoms with van der Waals surface area (Å²) in [6.45, 7) is 2.07. The second-order valence-corrected chi connectivity index (χ2v) is 6.50. The van der Waals surface area contributed by atoms with Crippen LogP contribution in [-0.4, -0.2) is 50.3 Å². The van der Waals surface area contributed by atoms with Crippen molar-refractivity contribution in [2.45, 2.75) is 30.6 Å². The van der Waals surface area contributed by atoms with Gasteiger partial charge in [-0.3, -0.25) is 0 Å². The van der Waals surface area contributed by atoms with Gasteiger partial charge in [-0.1, -0.05) is 0 Å². The highest BCUT2D eigenvalue weighted by Gasteiger charge is 2.36. The molecular formula is C9H19ClN2O3S. The molecule has 5 nitrogen and oxygen atoms in total. The van der Waals surface area contributed by atoms with Gasteiger partial charge in [0.15, 0.2) is 0 Å². The van der Waals surface area contributed by atoms with Gasteiger partial charge in [0.05, 0.1) is 11.9 Å². The van der Waals surface area contributed by atoms with Crippen molar-refractivity contribution in [2.24, 2.45) is 5.73 Å². The molecular weight excluding hydrogens is 252 g/mol. The Morgan fingerprint density at radius 1 is 1.31 bits per heavy atom. The Morgan fingerprint density at radius 3 is 2.56 bits per heavy atom. The maximum Gasteiger partial charge on any atom is 0.219 e. The quantitative estimate of drug-likeness (QED) is 0.764. The molecule has 7 heteroatoms. The Balaban J connectivity index is 0.00000128. The van der Waals surface area contributed by atoms with Gasteiger partial charge in [0.2, 0.25) is 10.0 Å². The molecule has 0 aromatic carbocycles. The van der Waals surface area contributed by atoms with Crippen molar-refractivity contribution in [2.75, 3.05) is 26.3 Å². The second-order valence-electron chi connectivity index (χ2n) is 4.29. The zero-order valence-corrected chi connectivity index (χ0v) is 10.8. The molecule has 2 N–H and O–H groups in total. The van der Waals surface area contributed by atoms with Gasteiger partial charge in [-0.25, -0.2) is 8.42 Å². The van der Waals surface area contributed by atoms with E-state index in [4.69, 9.17) is 10.5 Å². The van der Waals surface area contributed by atoms with Gasteiger partial charge >= 0.3 is 0 Å². The van der Waals surface area contributed by atoms with Gasteiger partial charge in [-0.2, -0.15) is 4.31 Å². The highest BCUT2D eigenvalue weighted by Crippen LogP contribution is 2.21. The number of rotatable bonds is 2. The van der Waals surface area contributed by atoms with Gasteiger partial charge in [0, 0.05) is 25.7 Å². The molecule has 2 saturated heterocycles. The van der Waals surface area contributed by atoms with Crippen molar-refractivity contribution < 1.29 is 13.2 Å². The fourth-order valence-corrected chi connectivity index (χ4v) is 4.06. The van der Waals surface area contributed by atoms with Gasteiger partial charge < -0.3 is 10.5 Å². The first kappa shape index (κ1) is 14.2. The smallest absolute Gasteiger partial charge is 0.219 e. The normalized spacial score (nSPS) is 32.3. The van der Waals surface area contributed by atoms with Crippen molar-refractivity contribution in [1.82, 2.24) is 4.31 Å². The average molecular weight is 271 g/mol. The minimum absolute atomic E-state index is 0. The molecule has 96 valence electrons. The minimum atomic E-state index is -3.17. The Hall–Kier alpha value is 0.120. The van der Waals surface area contributed by atoms with Crippen LogP contribution in [-0.2, 0) is 14.8 Å². The zero-order chi connectivity index (χ0) is 10.9. The third kappa shape index (κ3) is 2.87. The first-order chi connectivity index (χ1) is 7.10. The van der Waals surface area contributed by atoms with Crippen LogP contribution in [0.2, 0.25) is 0 Å². The molecule has 0 bridgehead atoms. The van der Waals surface area contributed by atoms with Crippen molar-refractivity contribution >= 4 is 22.4 Å². The van der Waals surface area contributed by atoms with E-state index in [1.54, 1.807) is 0 Å². The Labute approximate surface area is 103 Å². The summed E-state index contributed by atoms with van der Waals surface area (Å²) in [5.41, 5.74) is 5.71. The van der Waals surface area contributed by atoms with E-state index in [0.717, 1.165) is 12.8 Å². The number of hydrogen-bond acceptors (Lipinski definition) is 4. The van der Waals surface area contributed by atoms with Crippen LogP contribution in [0.1, 0.15) is 19.3 Å². The summed E-state index contributed by atoms with van der Waals surface area (Å²) in [6.07, 6.45) is 2.32. The van der Waals surface area contributed by atoms with Crippen molar-refractivity contribution in [3.8, 4) is 0 Å². The highest BCUT2D eigenvalue weighted by molar-refractivity contribution is 7.89. The van der Waals surface area contributed by atoms with E-state index in [-0.39, 0.29) is 23.7 Å². The molecule has 2 aliphatic heterocycles. The second kappa shape index (κ2) is 5.64. The fourth-order valence-electron chi connectivity index (χ4n) is 2.14. The van der Waals surface area contributed by atoms with E-state index in [2.05, 4.69) is 0 Å². The van der Waals surface area contributed by atoms with Crippen LogP contribution < -0.4 is 5.73 Å². The topological polar surface area (TPSA) is 72.6 Å². The van der Waals surface area contributed by atoms with E-state index < -0.39 is 10.0 Å². The molecule has 2 atom stereocenters. The molecule has 0 aromatic rings. The molecule has 0 aromatic heterocycles. The molecule has 16 heavy (non-hydrogen) atoms. The SMILES string of the molecule is Cl.N[C@H]1CCN(S(=O)(=O)C2CCCOC2)C1. The molecule has 2 aliphatic rings. The lowest BCUT2D eigenvalue weighted by Crippen LogP contribution is -2.42. The van der Waals surface area contributed by atoms with Crippen LogP contribution in [0.15, 0.2) is 0 Å². The number of sulfonamides is 1. The van der Waals surface area contributed by atoms with Crippen LogP contribution in [0, 0.1) is 0 Å². The van der Waals surface area contributed by atoms with Gasteiger partial charge in [-0.05, 0) is 19.3 Å². The third-order valence-corrected chi connectivity index (χ3v) is 5.35. The summed E-state index contributed by atoms with van der Waals surface area (Å²) >= 11 is 0. The summed E-state index contributed by atoms with van der Waals surface area (Å²) in [5.74, 6) is 0. The summed E-state index contributed by atoms with van der Waals surface area (Å²) in [7, 11) is -3.17. The van der Waals surface area contributed by atoms with Crippen LogP contribution in [0.4, 0.5) is 0 Å². The number of nitrogens with two attached hydrogens (primary N) is 1. The third-order valence-electron chi connectivity index (χ3n) is 3.09. The predicted molar refractivity (Wildman–Crippen MR) is 64.2 cm³/mol. The van der Waals surface area contributed by atoms with E-state index in [1.165, 1.54) is 4.31 Å². The lowest BCUT2D eigenvalue weighted by Gasteiger charge is -2.26. The van der Waals surface area contributed by atoms with E-state index in [9.17, 15) is 8.42 Å². The largest absolute Gasteiger partial charge is 0.380 e. The molecule has 0 amide bonds. The number of hydrogen-bond donors (Lipinski definition) is 1. The lowest BCUT2D eigenvalue weighted by molar-refractivity contribution is 0.0977.